The van der Waals surface area contributed by atoms with Crippen LogP contribution in [-0.4, -0.2) is 19.7 Å². The highest BCUT2D eigenvalue weighted by Crippen LogP contribution is 2.28. The van der Waals surface area contributed by atoms with Crippen LogP contribution in [0.2, 0.25) is 0 Å². The van der Waals surface area contributed by atoms with Crippen LogP contribution in [0.25, 0.3) is 22.3 Å². The van der Waals surface area contributed by atoms with Crippen molar-refractivity contribution in [1.29, 1.82) is 5.26 Å². The third kappa shape index (κ3) is 2.95. The molecular weight excluding hydrogens is 350 g/mol. The summed E-state index contributed by atoms with van der Waals surface area (Å²) in [6.07, 6.45) is 1.52. The number of nitrogen functional groups attached to an aromatic ring is 1. The van der Waals surface area contributed by atoms with Crippen molar-refractivity contribution >= 4 is 17.0 Å². The largest absolute Gasteiger partial charge is 0.368 e. The molecule has 0 fully saturated rings. The van der Waals surface area contributed by atoms with Gasteiger partial charge in [-0.25, -0.2) is 18.4 Å². The van der Waals surface area contributed by atoms with Crippen molar-refractivity contribution in [2.75, 3.05) is 5.73 Å². The highest BCUT2D eigenvalue weighted by Gasteiger charge is 2.16. The lowest BCUT2D eigenvalue weighted by Gasteiger charge is -2.08. The molecule has 0 spiro atoms. The molecule has 0 saturated heterocycles. The number of nitrogens with zero attached hydrogens (tertiary/aromatic N) is 5. The first-order chi connectivity index (χ1) is 13.1. The van der Waals surface area contributed by atoms with E-state index in [1.165, 1.54) is 29.1 Å². The molecule has 2 heterocycles. The van der Waals surface area contributed by atoms with E-state index < -0.39 is 11.6 Å². The topological polar surface area (TPSA) is 93.4 Å². The molecule has 0 bridgehead atoms. The lowest BCUT2D eigenvalue weighted by Crippen LogP contribution is -2.08. The zero-order chi connectivity index (χ0) is 19.0. The molecule has 0 radical (unpaired) electrons. The van der Waals surface area contributed by atoms with E-state index in [2.05, 4.69) is 21.1 Å². The Hall–Kier alpha value is -3.86. The predicted molar refractivity (Wildman–Crippen MR) is 95.3 cm³/mol. The first-order valence-corrected chi connectivity index (χ1v) is 7.99. The summed E-state index contributed by atoms with van der Waals surface area (Å²) in [5.41, 5.74) is 7.71. The van der Waals surface area contributed by atoms with Gasteiger partial charge in [-0.2, -0.15) is 15.3 Å². The van der Waals surface area contributed by atoms with Gasteiger partial charge in [0.1, 0.15) is 11.6 Å². The van der Waals surface area contributed by atoms with Crippen LogP contribution >= 0.6 is 0 Å². The second-order valence-electron chi connectivity index (χ2n) is 5.86. The van der Waals surface area contributed by atoms with Crippen LogP contribution in [0.5, 0.6) is 0 Å². The predicted octanol–water partition coefficient (Wildman–Crippen LogP) is 3.27. The van der Waals surface area contributed by atoms with Gasteiger partial charge in [0.25, 0.3) is 0 Å². The zero-order valence-electron chi connectivity index (χ0n) is 13.9. The van der Waals surface area contributed by atoms with E-state index in [0.29, 0.717) is 27.9 Å². The summed E-state index contributed by atoms with van der Waals surface area (Å²) in [7, 11) is 0. The number of hydrogen-bond donors (Lipinski definition) is 1. The van der Waals surface area contributed by atoms with Gasteiger partial charge in [0, 0.05) is 11.1 Å². The second kappa shape index (κ2) is 6.46. The molecule has 0 unspecified atom stereocenters. The fourth-order valence-corrected chi connectivity index (χ4v) is 2.88. The van der Waals surface area contributed by atoms with Crippen LogP contribution in [0.15, 0.2) is 48.7 Å². The number of aromatic nitrogens is 4. The minimum atomic E-state index is -0.664. The van der Waals surface area contributed by atoms with Crippen molar-refractivity contribution < 1.29 is 8.78 Å². The van der Waals surface area contributed by atoms with E-state index >= 15 is 0 Å². The van der Waals surface area contributed by atoms with Crippen molar-refractivity contribution in [1.82, 2.24) is 19.7 Å². The maximum absolute atomic E-state index is 14.0. The number of fused-ring (bicyclic) bond motifs is 1. The fraction of sp³-hybridized carbons (Fsp3) is 0.0526. The summed E-state index contributed by atoms with van der Waals surface area (Å²) in [5.74, 6) is -1.33. The van der Waals surface area contributed by atoms with Gasteiger partial charge in [0.05, 0.1) is 35.5 Å². The highest BCUT2D eigenvalue weighted by atomic mass is 19.1. The number of halogens is 2. The monoisotopic (exact) mass is 362 g/mol. The number of anilines is 1. The normalized spacial score (nSPS) is 10.9. The van der Waals surface area contributed by atoms with Gasteiger partial charge in [-0.05, 0) is 24.3 Å². The van der Waals surface area contributed by atoms with E-state index in [4.69, 9.17) is 11.0 Å². The average molecular weight is 362 g/mol. The van der Waals surface area contributed by atoms with Gasteiger partial charge in [0.2, 0.25) is 5.95 Å². The molecule has 6 nitrogen and oxygen atoms in total. The maximum atomic E-state index is 14.0. The Labute approximate surface area is 152 Å². The summed E-state index contributed by atoms with van der Waals surface area (Å²) < 4.78 is 29.3. The Morgan fingerprint density at radius 2 is 1.81 bits per heavy atom. The van der Waals surface area contributed by atoms with Crippen LogP contribution in [-0.2, 0) is 6.54 Å². The van der Waals surface area contributed by atoms with E-state index in [-0.39, 0.29) is 18.1 Å². The molecule has 2 aromatic carbocycles. The highest BCUT2D eigenvalue weighted by molar-refractivity contribution is 5.91. The molecular formula is C19H12F2N6. The Kier molecular flexibility index (Phi) is 3.97. The number of benzene rings is 2. The van der Waals surface area contributed by atoms with E-state index in [9.17, 15) is 8.78 Å². The average Bonchev–Trinajstić information content (AvgIpc) is 3.07. The van der Waals surface area contributed by atoms with Gasteiger partial charge < -0.3 is 5.73 Å². The third-order valence-corrected chi connectivity index (χ3v) is 4.15. The fourth-order valence-electron chi connectivity index (χ4n) is 2.88. The molecule has 132 valence electrons. The maximum Gasteiger partial charge on any atom is 0.222 e. The van der Waals surface area contributed by atoms with Crippen LogP contribution in [0.1, 0.15) is 11.1 Å². The molecule has 0 aliphatic carbocycles. The second-order valence-corrected chi connectivity index (χ2v) is 5.86. The number of nitrogens with two attached hydrogens (primary N) is 1. The SMILES string of the molecule is N#Cc1cccc(-c2nc(N)nc3c2cnn3Cc2c(F)cccc2F)c1. The van der Waals surface area contributed by atoms with Crippen molar-refractivity contribution in [3.63, 3.8) is 0 Å². The lowest BCUT2D eigenvalue weighted by molar-refractivity contribution is 0.536. The van der Waals surface area contributed by atoms with E-state index in [0.717, 1.165) is 0 Å². The number of hydrogen-bond acceptors (Lipinski definition) is 5. The first-order valence-electron chi connectivity index (χ1n) is 7.99. The Bertz CT molecular complexity index is 1190. The summed E-state index contributed by atoms with van der Waals surface area (Å²) in [5, 5.41) is 13.9. The summed E-state index contributed by atoms with van der Waals surface area (Å²) in [6, 6.07) is 12.6. The van der Waals surface area contributed by atoms with Crippen molar-refractivity contribution in [3.05, 3.63) is 71.4 Å². The first kappa shape index (κ1) is 16.6. The Morgan fingerprint density at radius 1 is 1.07 bits per heavy atom. The van der Waals surface area contributed by atoms with Crippen LogP contribution in [0.4, 0.5) is 14.7 Å². The third-order valence-electron chi connectivity index (χ3n) is 4.15. The molecule has 27 heavy (non-hydrogen) atoms. The van der Waals surface area contributed by atoms with Crippen LogP contribution < -0.4 is 5.73 Å². The smallest absolute Gasteiger partial charge is 0.222 e. The minimum absolute atomic E-state index is 0.00406. The minimum Gasteiger partial charge on any atom is -0.368 e. The van der Waals surface area contributed by atoms with Crippen molar-refractivity contribution in [2.24, 2.45) is 0 Å². The Balaban J connectivity index is 1.87. The molecule has 0 aliphatic heterocycles. The molecule has 0 atom stereocenters. The summed E-state index contributed by atoms with van der Waals surface area (Å²) in [6.45, 7) is -0.143. The molecule has 0 amide bonds. The van der Waals surface area contributed by atoms with Crippen molar-refractivity contribution in [2.45, 2.75) is 6.54 Å². The van der Waals surface area contributed by atoms with Gasteiger partial charge >= 0.3 is 0 Å². The molecule has 2 N–H and O–H groups in total. The molecule has 0 saturated carbocycles. The van der Waals surface area contributed by atoms with Gasteiger partial charge in [0.15, 0.2) is 5.65 Å². The standard InChI is InChI=1S/C19H12F2N6/c20-15-5-2-6-16(21)14(15)10-27-18-13(9-24-27)17(25-19(23)26-18)12-4-1-3-11(7-12)8-22/h1-7,9H,10H2,(H2,23,25,26). The van der Waals surface area contributed by atoms with Crippen LogP contribution in [0.3, 0.4) is 0 Å². The molecule has 8 heteroatoms. The Morgan fingerprint density at radius 3 is 2.56 bits per heavy atom. The van der Waals surface area contributed by atoms with Gasteiger partial charge in [-0.3, -0.25) is 0 Å². The lowest BCUT2D eigenvalue weighted by atomic mass is 10.1. The molecule has 4 rings (SSSR count). The summed E-state index contributed by atoms with van der Waals surface area (Å²) in [4.78, 5) is 8.44. The number of nitriles is 1. The van der Waals surface area contributed by atoms with Crippen molar-refractivity contribution in [3.8, 4) is 17.3 Å². The number of rotatable bonds is 3. The molecule has 2 aromatic heterocycles. The molecule has 0 aliphatic rings. The van der Waals surface area contributed by atoms with E-state index in [1.807, 2.05) is 0 Å². The van der Waals surface area contributed by atoms with Crippen LogP contribution in [0, 0.1) is 23.0 Å². The quantitative estimate of drug-likeness (QED) is 0.604. The van der Waals surface area contributed by atoms with Gasteiger partial charge in [-0.1, -0.05) is 18.2 Å². The van der Waals surface area contributed by atoms with E-state index in [1.54, 1.807) is 24.3 Å². The summed E-state index contributed by atoms with van der Waals surface area (Å²) >= 11 is 0. The molecule has 4 aromatic rings. The zero-order valence-corrected chi connectivity index (χ0v) is 13.9. The van der Waals surface area contributed by atoms with Gasteiger partial charge in [-0.15, -0.1) is 0 Å².